The molecule has 1 N–H and O–H groups in total. The number of hydrogen-bond acceptors (Lipinski definition) is 1. The van der Waals surface area contributed by atoms with Crippen molar-refractivity contribution in [1.29, 1.82) is 0 Å². The van der Waals surface area contributed by atoms with E-state index in [0.717, 1.165) is 6.07 Å². The fourth-order valence-corrected chi connectivity index (χ4v) is 0.765. The Balaban J connectivity index is 3.21. The first kappa shape index (κ1) is 8.28. The van der Waals surface area contributed by atoms with E-state index in [-0.39, 0.29) is 11.1 Å². The van der Waals surface area contributed by atoms with Gasteiger partial charge in [0.25, 0.3) is 0 Å². The van der Waals surface area contributed by atoms with Gasteiger partial charge in [0, 0.05) is 0 Å². The van der Waals surface area contributed by atoms with E-state index in [1.165, 1.54) is 12.1 Å². The summed E-state index contributed by atoms with van der Waals surface area (Å²) in [5.41, 5.74) is -0.0356. The monoisotopic (exact) mass is 164 g/mol. The van der Waals surface area contributed by atoms with E-state index >= 15 is 0 Å². The number of benzene rings is 1. The topological polar surface area (TPSA) is 37.3 Å². The Kier molecular flexibility index (Phi) is 2.11. The first-order valence-corrected chi connectivity index (χ1v) is 3.14. The smallest absolute Gasteiger partial charge is 0.335 e. The van der Waals surface area contributed by atoms with Crippen LogP contribution in [-0.4, -0.2) is 11.1 Å². The van der Waals surface area contributed by atoms with E-state index < -0.39 is 11.8 Å². The molecular weight excluding hydrogens is 159 g/mol. The zero-order chi connectivity index (χ0) is 9.14. The Morgan fingerprint density at radius 3 is 2.67 bits per heavy atom. The molecule has 0 amide bonds. The van der Waals surface area contributed by atoms with E-state index in [2.05, 4.69) is 5.92 Å². The van der Waals surface area contributed by atoms with Gasteiger partial charge in [-0.3, -0.25) is 0 Å². The Hall–Kier alpha value is -1.82. The van der Waals surface area contributed by atoms with Crippen molar-refractivity contribution >= 4 is 5.97 Å². The molecule has 0 aliphatic carbocycles. The van der Waals surface area contributed by atoms with Crippen molar-refractivity contribution in [2.24, 2.45) is 0 Å². The standard InChI is InChI=1S/C9H5FO2/c1-2-6-3-4-7(9(11)12)5-8(6)10/h1,3-5H,(H,11,12). The number of aromatic carboxylic acids is 1. The molecule has 0 saturated heterocycles. The van der Waals surface area contributed by atoms with Crippen LogP contribution >= 0.6 is 0 Å². The Morgan fingerprint density at radius 2 is 2.25 bits per heavy atom. The summed E-state index contributed by atoms with van der Waals surface area (Å²) in [5.74, 6) is 0.241. The minimum Gasteiger partial charge on any atom is -0.478 e. The van der Waals surface area contributed by atoms with Crippen LogP contribution in [0.4, 0.5) is 4.39 Å². The summed E-state index contributed by atoms with van der Waals surface area (Å²) in [6.07, 6.45) is 4.94. The minimum absolute atomic E-state index is 0.0694. The van der Waals surface area contributed by atoms with Crippen LogP contribution in [0.1, 0.15) is 15.9 Å². The number of halogens is 1. The van der Waals surface area contributed by atoms with Crippen molar-refractivity contribution in [2.45, 2.75) is 0 Å². The third-order valence-corrected chi connectivity index (χ3v) is 1.37. The van der Waals surface area contributed by atoms with Gasteiger partial charge in [-0.2, -0.15) is 0 Å². The molecule has 0 bridgehead atoms. The molecule has 0 aromatic heterocycles. The second-order valence-corrected chi connectivity index (χ2v) is 2.14. The van der Waals surface area contributed by atoms with Gasteiger partial charge in [0.15, 0.2) is 0 Å². The van der Waals surface area contributed by atoms with Gasteiger partial charge in [-0.25, -0.2) is 9.18 Å². The molecule has 1 rings (SSSR count). The summed E-state index contributed by atoms with van der Waals surface area (Å²) in [6, 6.07) is 3.43. The first-order valence-electron chi connectivity index (χ1n) is 3.14. The summed E-state index contributed by atoms with van der Waals surface area (Å²) < 4.78 is 12.8. The van der Waals surface area contributed by atoms with Crippen LogP contribution in [-0.2, 0) is 0 Å². The fourth-order valence-electron chi connectivity index (χ4n) is 0.765. The number of rotatable bonds is 1. The lowest BCUT2D eigenvalue weighted by molar-refractivity contribution is 0.0696. The maximum Gasteiger partial charge on any atom is 0.335 e. The molecular formula is C9H5FO2. The zero-order valence-corrected chi connectivity index (χ0v) is 6.04. The average Bonchev–Trinajstić information content (AvgIpc) is 2.04. The molecule has 0 fully saturated rings. The molecule has 2 nitrogen and oxygen atoms in total. The van der Waals surface area contributed by atoms with E-state index in [1.54, 1.807) is 0 Å². The van der Waals surface area contributed by atoms with Crippen LogP contribution < -0.4 is 0 Å². The molecule has 0 heterocycles. The second kappa shape index (κ2) is 3.05. The van der Waals surface area contributed by atoms with E-state index in [9.17, 15) is 9.18 Å². The van der Waals surface area contributed by atoms with Crippen LogP contribution in [0, 0.1) is 18.2 Å². The zero-order valence-electron chi connectivity index (χ0n) is 6.04. The number of carbonyl (C=O) groups is 1. The van der Waals surface area contributed by atoms with Gasteiger partial charge in [0.1, 0.15) is 5.82 Å². The third kappa shape index (κ3) is 1.43. The molecule has 0 radical (unpaired) electrons. The molecule has 0 aliphatic heterocycles. The number of terminal acetylenes is 1. The van der Waals surface area contributed by atoms with Crippen molar-refractivity contribution in [3.8, 4) is 12.3 Å². The van der Waals surface area contributed by atoms with Crippen molar-refractivity contribution in [3.63, 3.8) is 0 Å². The maximum atomic E-state index is 12.8. The molecule has 0 unspecified atom stereocenters. The number of carboxylic acids is 1. The van der Waals surface area contributed by atoms with Crippen molar-refractivity contribution in [2.75, 3.05) is 0 Å². The largest absolute Gasteiger partial charge is 0.478 e. The van der Waals surface area contributed by atoms with Crippen LogP contribution in [0.5, 0.6) is 0 Å². The highest BCUT2D eigenvalue weighted by molar-refractivity contribution is 5.87. The molecule has 1 aromatic rings. The van der Waals surface area contributed by atoms with Gasteiger partial charge in [0.2, 0.25) is 0 Å². The summed E-state index contributed by atoms with van der Waals surface area (Å²) >= 11 is 0. The highest BCUT2D eigenvalue weighted by atomic mass is 19.1. The summed E-state index contributed by atoms with van der Waals surface area (Å²) in [4.78, 5) is 10.3. The minimum atomic E-state index is -1.17. The number of hydrogen-bond donors (Lipinski definition) is 1. The van der Waals surface area contributed by atoms with Gasteiger partial charge < -0.3 is 5.11 Å². The van der Waals surface area contributed by atoms with E-state index in [4.69, 9.17) is 11.5 Å². The van der Waals surface area contributed by atoms with Crippen molar-refractivity contribution < 1.29 is 14.3 Å². The fraction of sp³-hybridized carbons (Fsp3) is 0. The predicted molar refractivity (Wildman–Crippen MR) is 41.3 cm³/mol. The lowest BCUT2D eigenvalue weighted by Gasteiger charge is -1.96. The average molecular weight is 164 g/mol. The van der Waals surface area contributed by atoms with Crippen LogP contribution in [0.15, 0.2) is 18.2 Å². The van der Waals surface area contributed by atoms with Gasteiger partial charge in [-0.1, -0.05) is 5.92 Å². The normalized spacial score (nSPS) is 9.00. The van der Waals surface area contributed by atoms with Gasteiger partial charge >= 0.3 is 5.97 Å². The van der Waals surface area contributed by atoms with Crippen LogP contribution in [0.2, 0.25) is 0 Å². The first-order chi connectivity index (χ1) is 5.65. The quantitative estimate of drug-likeness (QED) is 0.638. The molecule has 0 saturated carbocycles. The molecule has 3 heteroatoms. The van der Waals surface area contributed by atoms with Gasteiger partial charge in [0.05, 0.1) is 11.1 Å². The summed E-state index contributed by atoms with van der Waals surface area (Å²) in [6.45, 7) is 0. The van der Waals surface area contributed by atoms with E-state index in [0.29, 0.717) is 0 Å². The Labute approximate surface area is 68.6 Å². The lowest BCUT2D eigenvalue weighted by Crippen LogP contribution is -1.97. The Morgan fingerprint density at radius 1 is 1.58 bits per heavy atom. The molecule has 1 aromatic carbocycles. The molecule has 12 heavy (non-hydrogen) atoms. The molecule has 0 spiro atoms. The molecule has 60 valence electrons. The third-order valence-electron chi connectivity index (χ3n) is 1.37. The Bertz CT molecular complexity index is 363. The highest BCUT2D eigenvalue weighted by Gasteiger charge is 2.05. The van der Waals surface area contributed by atoms with Gasteiger partial charge in [-0.05, 0) is 18.2 Å². The summed E-state index contributed by atoms with van der Waals surface area (Å²) in [7, 11) is 0. The second-order valence-electron chi connectivity index (χ2n) is 2.14. The van der Waals surface area contributed by atoms with Crippen molar-refractivity contribution in [1.82, 2.24) is 0 Å². The van der Waals surface area contributed by atoms with Crippen molar-refractivity contribution in [3.05, 3.63) is 35.1 Å². The lowest BCUT2D eigenvalue weighted by atomic mass is 10.1. The highest BCUT2D eigenvalue weighted by Crippen LogP contribution is 2.08. The predicted octanol–water partition coefficient (Wildman–Crippen LogP) is 1.51. The molecule has 0 atom stereocenters. The summed E-state index contributed by atoms with van der Waals surface area (Å²) in [5, 5.41) is 8.45. The van der Waals surface area contributed by atoms with Crippen LogP contribution in [0.3, 0.4) is 0 Å². The molecule has 0 aliphatic rings. The SMILES string of the molecule is C#Cc1ccc(C(=O)O)cc1F. The number of carboxylic acid groups (broad SMARTS) is 1. The van der Waals surface area contributed by atoms with Gasteiger partial charge in [-0.15, -0.1) is 6.42 Å². The van der Waals surface area contributed by atoms with Crippen LogP contribution in [0.25, 0.3) is 0 Å². The van der Waals surface area contributed by atoms with E-state index in [1.807, 2.05) is 0 Å². The maximum absolute atomic E-state index is 12.8.